The summed E-state index contributed by atoms with van der Waals surface area (Å²) in [4.78, 5) is 15.0. The van der Waals surface area contributed by atoms with E-state index in [0.717, 1.165) is 18.7 Å². The summed E-state index contributed by atoms with van der Waals surface area (Å²) in [7, 11) is 1.84. The molecule has 106 valence electrons. The van der Waals surface area contributed by atoms with E-state index in [1.807, 2.05) is 20.0 Å². The van der Waals surface area contributed by atoms with Crippen LogP contribution >= 0.6 is 43.2 Å². The lowest BCUT2D eigenvalue weighted by Crippen LogP contribution is -2.29. The van der Waals surface area contributed by atoms with E-state index in [1.54, 1.807) is 4.90 Å². The lowest BCUT2D eigenvalue weighted by molar-refractivity contribution is 0.0747. The Morgan fingerprint density at radius 3 is 2.35 bits per heavy atom. The molecule has 0 fully saturated rings. The highest BCUT2D eigenvalue weighted by Gasteiger charge is 2.21. The molecule has 1 heterocycles. The number of benzene rings is 1. The van der Waals surface area contributed by atoms with Gasteiger partial charge in [-0.1, -0.05) is 29.8 Å². The average molecular weight is 417 g/mol. The van der Waals surface area contributed by atoms with Gasteiger partial charge in [-0.15, -0.1) is 11.3 Å². The Balaban J connectivity index is 2.19. The second-order valence-corrected chi connectivity index (χ2v) is 7.96. The standard InChI is InChI=1S/C15H15Br2NOS/c1-9-4-6-11(7-5-9)10(2)18(3)15(19)13-8-12(16)14(17)20-13/h4-8,10H,1-3H3. The summed E-state index contributed by atoms with van der Waals surface area (Å²) in [6.07, 6.45) is 0. The number of aryl methyl sites for hydroxylation is 1. The first kappa shape index (κ1) is 15.7. The van der Waals surface area contributed by atoms with Crippen molar-refractivity contribution in [3.63, 3.8) is 0 Å². The Hall–Kier alpha value is -0.650. The molecule has 1 amide bonds. The summed E-state index contributed by atoms with van der Waals surface area (Å²) in [5.41, 5.74) is 2.36. The van der Waals surface area contributed by atoms with Gasteiger partial charge in [0.25, 0.3) is 5.91 Å². The van der Waals surface area contributed by atoms with Crippen molar-refractivity contribution in [2.45, 2.75) is 19.9 Å². The minimum Gasteiger partial charge on any atom is -0.334 e. The molecule has 1 aromatic heterocycles. The predicted octanol–water partition coefficient (Wildman–Crippen LogP) is 5.41. The SMILES string of the molecule is Cc1ccc(C(C)N(C)C(=O)c2cc(Br)c(Br)s2)cc1. The van der Waals surface area contributed by atoms with Crippen molar-refractivity contribution in [1.29, 1.82) is 0 Å². The highest BCUT2D eigenvalue weighted by atomic mass is 79.9. The highest BCUT2D eigenvalue weighted by Crippen LogP contribution is 2.34. The highest BCUT2D eigenvalue weighted by molar-refractivity contribution is 9.13. The van der Waals surface area contributed by atoms with Gasteiger partial charge < -0.3 is 4.90 Å². The third-order valence-electron chi connectivity index (χ3n) is 3.32. The molecular weight excluding hydrogens is 402 g/mol. The molecule has 0 aliphatic carbocycles. The number of carbonyl (C=O) groups excluding carboxylic acids is 1. The Kier molecular flexibility index (Phi) is 5.04. The van der Waals surface area contributed by atoms with Gasteiger partial charge in [0.05, 0.1) is 14.7 Å². The Morgan fingerprint density at radius 1 is 1.25 bits per heavy atom. The molecule has 0 radical (unpaired) electrons. The van der Waals surface area contributed by atoms with E-state index < -0.39 is 0 Å². The molecule has 0 aliphatic heterocycles. The number of amides is 1. The van der Waals surface area contributed by atoms with Gasteiger partial charge in [-0.05, 0) is 57.3 Å². The quantitative estimate of drug-likeness (QED) is 0.654. The van der Waals surface area contributed by atoms with Crippen LogP contribution < -0.4 is 0 Å². The summed E-state index contributed by atoms with van der Waals surface area (Å²) >= 11 is 8.28. The second-order valence-electron chi connectivity index (χ2n) is 4.74. The summed E-state index contributed by atoms with van der Waals surface area (Å²) < 4.78 is 1.86. The third-order valence-corrected chi connectivity index (χ3v) is 6.56. The maximum Gasteiger partial charge on any atom is 0.264 e. The van der Waals surface area contributed by atoms with Crippen molar-refractivity contribution >= 4 is 49.1 Å². The summed E-state index contributed by atoms with van der Waals surface area (Å²) in [6, 6.07) is 10.2. The van der Waals surface area contributed by atoms with E-state index in [9.17, 15) is 4.79 Å². The first-order valence-corrected chi connectivity index (χ1v) is 8.59. The molecule has 0 bridgehead atoms. The largest absolute Gasteiger partial charge is 0.334 e. The van der Waals surface area contributed by atoms with Gasteiger partial charge in [0.2, 0.25) is 0 Å². The van der Waals surface area contributed by atoms with Crippen LogP contribution in [0.25, 0.3) is 0 Å². The number of halogens is 2. The third kappa shape index (κ3) is 3.32. The lowest BCUT2D eigenvalue weighted by Gasteiger charge is -2.25. The van der Waals surface area contributed by atoms with Gasteiger partial charge in [0.15, 0.2) is 0 Å². The zero-order valence-corrected chi connectivity index (χ0v) is 15.5. The van der Waals surface area contributed by atoms with Crippen LogP contribution in [0.3, 0.4) is 0 Å². The molecule has 0 saturated carbocycles. The summed E-state index contributed by atoms with van der Waals surface area (Å²) in [5, 5.41) is 0. The monoisotopic (exact) mass is 415 g/mol. The van der Waals surface area contributed by atoms with Gasteiger partial charge in [-0.2, -0.15) is 0 Å². The van der Waals surface area contributed by atoms with Crippen molar-refractivity contribution in [3.8, 4) is 0 Å². The van der Waals surface area contributed by atoms with E-state index in [1.165, 1.54) is 16.9 Å². The summed E-state index contributed by atoms with van der Waals surface area (Å²) in [6.45, 7) is 4.10. The van der Waals surface area contributed by atoms with Gasteiger partial charge >= 0.3 is 0 Å². The van der Waals surface area contributed by atoms with Crippen LogP contribution in [0, 0.1) is 6.92 Å². The molecule has 2 rings (SSSR count). The molecule has 5 heteroatoms. The molecule has 1 aromatic carbocycles. The zero-order chi connectivity index (χ0) is 14.9. The van der Waals surface area contributed by atoms with Gasteiger partial charge in [0, 0.05) is 11.5 Å². The average Bonchev–Trinajstić information content (AvgIpc) is 2.77. The van der Waals surface area contributed by atoms with Crippen LogP contribution in [0.15, 0.2) is 38.6 Å². The van der Waals surface area contributed by atoms with E-state index in [2.05, 4.69) is 63.0 Å². The Labute approximate surface area is 140 Å². The van der Waals surface area contributed by atoms with Crippen LogP contribution in [0.1, 0.15) is 33.8 Å². The van der Waals surface area contributed by atoms with E-state index >= 15 is 0 Å². The molecule has 1 atom stereocenters. The molecule has 0 aliphatic rings. The number of nitrogens with zero attached hydrogens (tertiary/aromatic N) is 1. The first-order chi connectivity index (χ1) is 9.40. The molecule has 1 unspecified atom stereocenters. The minimum atomic E-state index is 0.0366. The number of carbonyl (C=O) groups is 1. The van der Waals surface area contributed by atoms with Crippen LogP contribution in [-0.2, 0) is 0 Å². The molecular formula is C15H15Br2NOS. The van der Waals surface area contributed by atoms with Crippen molar-refractivity contribution in [2.24, 2.45) is 0 Å². The topological polar surface area (TPSA) is 20.3 Å². The van der Waals surface area contributed by atoms with Crippen molar-refractivity contribution in [1.82, 2.24) is 4.90 Å². The van der Waals surface area contributed by atoms with Crippen LogP contribution in [0.2, 0.25) is 0 Å². The van der Waals surface area contributed by atoms with Gasteiger partial charge in [-0.25, -0.2) is 0 Å². The van der Waals surface area contributed by atoms with Crippen molar-refractivity contribution in [3.05, 3.63) is 54.6 Å². The van der Waals surface area contributed by atoms with Crippen molar-refractivity contribution < 1.29 is 4.79 Å². The van der Waals surface area contributed by atoms with Gasteiger partial charge in [0.1, 0.15) is 0 Å². The molecule has 0 N–H and O–H groups in total. The van der Waals surface area contributed by atoms with Crippen LogP contribution in [0.5, 0.6) is 0 Å². The number of hydrogen-bond donors (Lipinski definition) is 0. The van der Waals surface area contributed by atoms with E-state index in [0.29, 0.717) is 0 Å². The Bertz CT molecular complexity index is 602. The normalized spacial score (nSPS) is 12.2. The fraction of sp³-hybridized carbons (Fsp3) is 0.267. The van der Waals surface area contributed by atoms with Crippen LogP contribution in [0.4, 0.5) is 0 Å². The maximum absolute atomic E-state index is 12.5. The molecule has 0 spiro atoms. The van der Waals surface area contributed by atoms with Crippen LogP contribution in [-0.4, -0.2) is 17.9 Å². The number of hydrogen-bond acceptors (Lipinski definition) is 2. The smallest absolute Gasteiger partial charge is 0.264 e. The minimum absolute atomic E-state index is 0.0366. The molecule has 0 saturated heterocycles. The predicted molar refractivity (Wildman–Crippen MR) is 91.4 cm³/mol. The Morgan fingerprint density at radius 2 is 1.85 bits per heavy atom. The second kappa shape index (κ2) is 6.41. The fourth-order valence-electron chi connectivity index (χ4n) is 1.87. The maximum atomic E-state index is 12.5. The van der Waals surface area contributed by atoms with Gasteiger partial charge in [-0.3, -0.25) is 4.79 Å². The molecule has 2 nitrogen and oxygen atoms in total. The van der Waals surface area contributed by atoms with Crippen molar-refractivity contribution in [2.75, 3.05) is 7.05 Å². The van der Waals surface area contributed by atoms with E-state index in [4.69, 9.17) is 0 Å². The molecule has 2 aromatic rings. The molecule has 20 heavy (non-hydrogen) atoms. The number of rotatable bonds is 3. The zero-order valence-electron chi connectivity index (χ0n) is 11.5. The van der Waals surface area contributed by atoms with E-state index in [-0.39, 0.29) is 11.9 Å². The first-order valence-electron chi connectivity index (χ1n) is 6.18. The lowest BCUT2D eigenvalue weighted by atomic mass is 10.1. The summed E-state index contributed by atoms with van der Waals surface area (Å²) in [5.74, 6) is 0.0366. The number of thiophene rings is 1. The fourth-order valence-corrected chi connectivity index (χ4v) is 3.89.